The van der Waals surface area contributed by atoms with Crippen LogP contribution in [0.15, 0.2) is 47.6 Å². The van der Waals surface area contributed by atoms with Crippen LogP contribution in [0, 0.1) is 5.82 Å². The molecule has 0 aliphatic heterocycles. The first-order chi connectivity index (χ1) is 9.65. The SMILES string of the molecule is CCc1cccc(Oc2cccc(F)c2C(N)=NO)c1. The maximum Gasteiger partial charge on any atom is 0.176 e. The standard InChI is InChI=1S/C15H15FN2O2/c1-2-10-5-3-6-11(9-10)20-13-8-4-7-12(16)14(13)15(17)18-19/h3-9,19H,2H2,1H3,(H2,17,18). The molecule has 0 unspecified atom stereocenters. The highest BCUT2D eigenvalue weighted by Gasteiger charge is 2.14. The molecule has 0 fully saturated rings. The van der Waals surface area contributed by atoms with Gasteiger partial charge in [0.15, 0.2) is 5.84 Å². The fourth-order valence-electron chi connectivity index (χ4n) is 1.84. The van der Waals surface area contributed by atoms with Gasteiger partial charge in [0.1, 0.15) is 17.3 Å². The maximum atomic E-state index is 13.8. The highest BCUT2D eigenvalue weighted by molar-refractivity contribution is 5.99. The van der Waals surface area contributed by atoms with Crippen molar-refractivity contribution in [1.29, 1.82) is 0 Å². The molecule has 20 heavy (non-hydrogen) atoms. The highest BCUT2D eigenvalue weighted by Crippen LogP contribution is 2.27. The van der Waals surface area contributed by atoms with Gasteiger partial charge >= 0.3 is 0 Å². The van der Waals surface area contributed by atoms with Gasteiger partial charge in [0.2, 0.25) is 0 Å². The van der Waals surface area contributed by atoms with Gasteiger partial charge in [-0.15, -0.1) is 0 Å². The predicted molar refractivity (Wildman–Crippen MR) is 74.8 cm³/mol. The summed E-state index contributed by atoms with van der Waals surface area (Å²) in [7, 11) is 0. The van der Waals surface area contributed by atoms with Gasteiger partial charge in [-0.3, -0.25) is 0 Å². The summed E-state index contributed by atoms with van der Waals surface area (Å²) in [5.74, 6) is -0.162. The number of amidine groups is 1. The first-order valence-corrected chi connectivity index (χ1v) is 6.19. The summed E-state index contributed by atoms with van der Waals surface area (Å²) in [6, 6.07) is 11.8. The Labute approximate surface area is 116 Å². The first kappa shape index (κ1) is 13.9. The second-order valence-corrected chi connectivity index (χ2v) is 4.20. The van der Waals surface area contributed by atoms with Crippen molar-refractivity contribution < 1.29 is 14.3 Å². The minimum atomic E-state index is -0.607. The van der Waals surface area contributed by atoms with Crippen molar-refractivity contribution in [3.63, 3.8) is 0 Å². The third-order valence-electron chi connectivity index (χ3n) is 2.87. The number of hydrogen-bond donors (Lipinski definition) is 2. The van der Waals surface area contributed by atoms with Crippen molar-refractivity contribution >= 4 is 5.84 Å². The second-order valence-electron chi connectivity index (χ2n) is 4.20. The molecule has 5 heteroatoms. The largest absolute Gasteiger partial charge is 0.456 e. The van der Waals surface area contributed by atoms with E-state index in [0.717, 1.165) is 12.0 Å². The van der Waals surface area contributed by atoms with E-state index in [2.05, 4.69) is 5.16 Å². The molecule has 3 N–H and O–H groups in total. The van der Waals surface area contributed by atoms with E-state index >= 15 is 0 Å². The Kier molecular flexibility index (Phi) is 4.20. The Morgan fingerprint density at radius 3 is 2.75 bits per heavy atom. The molecule has 104 valence electrons. The summed E-state index contributed by atoms with van der Waals surface area (Å²) in [6.45, 7) is 2.03. The molecule has 0 saturated heterocycles. The molecule has 4 nitrogen and oxygen atoms in total. The Bertz CT molecular complexity index is 642. The number of benzene rings is 2. The number of hydrogen-bond acceptors (Lipinski definition) is 3. The zero-order chi connectivity index (χ0) is 14.5. The lowest BCUT2D eigenvalue weighted by Gasteiger charge is -2.11. The van der Waals surface area contributed by atoms with Crippen LogP contribution in [0.5, 0.6) is 11.5 Å². The van der Waals surface area contributed by atoms with Crippen LogP contribution in [0.25, 0.3) is 0 Å². The first-order valence-electron chi connectivity index (χ1n) is 6.19. The zero-order valence-electron chi connectivity index (χ0n) is 11.0. The fourth-order valence-corrected chi connectivity index (χ4v) is 1.84. The second kappa shape index (κ2) is 6.06. The average molecular weight is 274 g/mol. The molecule has 2 rings (SSSR count). The van der Waals surface area contributed by atoms with Gasteiger partial charge in [0.05, 0.1) is 5.56 Å². The molecule has 2 aromatic rings. The quantitative estimate of drug-likeness (QED) is 0.389. The summed E-state index contributed by atoms with van der Waals surface area (Å²) in [5.41, 5.74) is 6.53. The van der Waals surface area contributed by atoms with Crippen molar-refractivity contribution in [2.24, 2.45) is 10.9 Å². The molecule has 0 atom stereocenters. The van der Waals surface area contributed by atoms with E-state index in [-0.39, 0.29) is 17.1 Å². The molecule has 2 aromatic carbocycles. The molecule has 0 aromatic heterocycles. The van der Waals surface area contributed by atoms with Crippen LogP contribution in [-0.2, 0) is 6.42 Å². The average Bonchev–Trinajstić information content (AvgIpc) is 2.47. The van der Waals surface area contributed by atoms with Gasteiger partial charge in [0.25, 0.3) is 0 Å². The van der Waals surface area contributed by atoms with E-state index in [9.17, 15) is 4.39 Å². The summed E-state index contributed by atoms with van der Waals surface area (Å²) < 4.78 is 19.4. The summed E-state index contributed by atoms with van der Waals surface area (Å²) in [4.78, 5) is 0. The lowest BCUT2D eigenvalue weighted by atomic mass is 10.1. The van der Waals surface area contributed by atoms with E-state index in [4.69, 9.17) is 15.7 Å². The Morgan fingerprint density at radius 2 is 2.05 bits per heavy atom. The van der Waals surface area contributed by atoms with Gasteiger partial charge in [0, 0.05) is 0 Å². The molecule has 0 heterocycles. The van der Waals surface area contributed by atoms with Crippen molar-refractivity contribution in [2.75, 3.05) is 0 Å². The number of oxime groups is 1. The van der Waals surface area contributed by atoms with Gasteiger partial charge in [-0.25, -0.2) is 4.39 Å². The Hall–Kier alpha value is -2.56. The minimum Gasteiger partial charge on any atom is -0.456 e. The van der Waals surface area contributed by atoms with Crippen molar-refractivity contribution in [2.45, 2.75) is 13.3 Å². The Balaban J connectivity index is 2.40. The van der Waals surface area contributed by atoms with Gasteiger partial charge < -0.3 is 15.7 Å². The lowest BCUT2D eigenvalue weighted by molar-refractivity contribution is 0.318. The fraction of sp³-hybridized carbons (Fsp3) is 0.133. The van der Waals surface area contributed by atoms with Crippen LogP contribution in [0.4, 0.5) is 4.39 Å². The van der Waals surface area contributed by atoms with E-state index in [1.807, 2.05) is 25.1 Å². The van der Waals surface area contributed by atoms with Crippen LogP contribution in [0.2, 0.25) is 0 Å². The van der Waals surface area contributed by atoms with E-state index in [1.54, 1.807) is 12.1 Å². The summed E-state index contributed by atoms with van der Waals surface area (Å²) in [5, 5.41) is 11.6. The van der Waals surface area contributed by atoms with Crippen LogP contribution in [0.1, 0.15) is 18.1 Å². The molecular formula is C15H15FN2O2. The topological polar surface area (TPSA) is 67.8 Å². The summed E-state index contributed by atoms with van der Waals surface area (Å²) >= 11 is 0. The number of nitrogens with two attached hydrogens (primary N) is 1. The van der Waals surface area contributed by atoms with E-state index in [0.29, 0.717) is 5.75 Å². The molecule has 0 radical (unpaired) electrons. The van der Waals surface area contributed by atoms with Crippen molar-refractivity contribution in [3.8, 4) is 11.5 Å². The van der Waals surface area contributed by atoms with Gasteiger partial charge in [-0.05, 0) is 36.2 Å². The monoisotopic (exact) mass is 274 g/mol. The van der Waals surface area contributed by atoms with Crippen molar-refractivity contribution in [1.82, 2.24) is 0 Å². The Morgan fingerprint density at radius 1 is 1.30 bits per heavy atom. The lowest BCUT2D eigenvalue weighted by Crippen LogP contribution is -2.16. The van der Waals surface area contributed by atoms with Crippen LogP contribution < -0.4 is 10.5 Å². The van der Waals surface area contributed by atoms with Crippen LogP contribution in [0.3, 0.4) is 0 Å². The normalized spacial score (nSPS) is 11.4. The number of aryl methyl sites for hydroxylation is 1. The summed E-state index contributed by atoms with van der Waals surface area (Å²) in [6.07, 6.45) is 0.868. The van der Waals surface area contributed by atoms with Crippen LogP contribution >= 0.6 is 0 Å². The molecule has 0 bridgehead atoms. The molecule has 0 amide bonds. The zero-order valence-corrected chi connectivity index (χ0v) is 11.0. The number of nitrogens with zero attached hydrogens (tertiary/aromatic N) is 1. The highest BCUT2D eigenvalue weighted by atomic mass is 19.1. The third-order valence-corrected chi connectivity index (χ3v) is 2.87. The van der Waals surface area contributed by atoms with Gasteiger partial charge in [-0.1, -0.05) is 30.3 Å². The molecule has 0 aliphatic carbocycles. The maximum absolute atomic E-state index is 13.8. The molecule has 0 aliphatic rings. The smallest absolute Gasteiger partial charge is 0.176 e. The van der Waals surface area contributed by atoms with E-state index < -0.39 is 5.82 Å². The molecule has 0 spiro atoms. The van der Waals surface area contributed by atoms with Crippen molar-refractivity contribution in [3.05, 3.63) is 59.4 Å². The molecule has 0 saturated carbocycles. The minimum absolute atomic E-state index is 0.0584. The van der Waals surface area contributed by atoms with Crippen LogP contribution in [-0.4, -0.2) is 11.0 Å². The number of ether oxygens (including phenoxy) is 1. The van der Waals surface area contributed by atoms with Gasteiger partial charge in [-0.2, -0.15) is 0 Å². The predicted octanol–water partition coefficient (Wildman–Crippen LogP) is 3.27. The number of halogens is 1. The molecular weight excluding hydrogens is 259 g/mol. The van der Waals surface area contributed by atoms with E-state index in [1.165, 1.54) is 12.1 Å². The number of rotatable bonds is 4. The third kappa shape index (κ3) is 2.88.